The second-order valence-corrected chi connectivity index (χ2v) is 7.25. The molecule has 1 heterocycles. The Morgan fingerprint density at radius 1 is 1.35 bits per heavy atom. The highest BCUT2D eigenvalue weighted by atomic mass is 32.2. The van der Waals surface area contributed by atoms with Gasteiger partial charge in [-0.05, 0) is 44.4 Å². The summed E-state index contributed by atoms with van der Waals surface area (Å²) in [6.07, 6.45) is 1.00. The molecule has 5 nitrogen and oxygen atoms in total. The molecule has 1 saturated heterocycles. The first kappa shape index (κ1) is 15.4. The molecule has 1 aromatic carbocycles. The molecule has 1 aliphatic rings. The summed E-state index contributed by atoms with van der Waals surface area (Å²) in [7, 11) is -3.57. The van der Waals surface area contributed by atoms with E-state index in [1.807, 2.05) is 6.92 Å². The first-order valence-electron chi connectivity index (χ1n) is 6.72. The van der Waals surface area contributed by atoms with E-state index in [1.165, 1.54) is 12.1 Å². The molecule has 0 aliphatic carbocycles. The van der Waals surface area contributed by atoms with Crippen LogP contribution in [0.4, 0.5) is 0 Å². The largest absolute Gasteiger partial charge is 0.389 e. The van der Waals surface area contributed by atoms with Gasteiger partial charge in [0, 0.05) is 6.61 Å². The van der Waals surface area contributed by atoms with Crippen LogP contribution >= 0.6 is 0 Å². The predicted molar refractivity (Wildman–Crippen MR) is 75.9 cm³/mol. The molecule has 2 N–H and O–H groups in total. The summed E-state index contributed by atoms with van der Waals surface area (Å²) >= 11 is 0. The number of ether oxygens (including phenoxy) is 1. The van der Waals surface area contributed by atoms with Crippen molar-refractivity contribution in [3.05, 3.63) is 29.8 Å². The fraction of sp³-hybridized carbons (Fsp3) is 0.571. The molecule has 1 aliphatic heterocycles. The van der Waals surface area contributed by atoms with Crippen LogP contribution < -0.4 is 4.72 Å². The van der Waals surface area contributed by atoms with E-state index in [-0.39, 0.29) is 4.90 Å². The van der Waals surface area contributed by atoms with Crippen molar-refractivity contribution in [3.63, 3.8) is 0 Å². The van der Waals surface area contributed by atoms with E-state index in [4.69, 9.17) is 4.74 Å². The van der Waals surface area contributed by atoms with Crippen molar-refractivity contribution in [1.29, 1.82) is 0 Å². The zero-order chi connectivity index (χ0) is 14.8. The minimum Gasteiger partial charge on any atom is -0.389 e. The van der Waals surface area contributed by atoms with Crippen LogP contribution in [0.25, 0.3) is 0 Å². The van der Waals surface area contributed by atoms with E-state index in [0.717, 1.165) is 12.8 Å². The lowest BCUT2D eigenvalue weighted by molar-refractivity contribution is 0.0386. The zero-order valence-electron chi connectivity index (χ0n) is 11.8. The van der Waals surface area contributed by atoms with E-state index in [0.29, 0.717) is 18.8 Å². The summed E-state index contributed by atoms with van der Waals surface area (Å²) in [5, 5.41) is 9.44. The van der Waals surface area contributed by atoms with Gasteiger partial charge in [-0.25, -0.2) is 13.1 Å². The van der Waals surface area contributed by atoms with Crippen LogP contribution in [0, 0.1) is 0 Å². The van der Waals surface area contributed by atoms with E-state index in [1.54, 1.807) is 19.1 Å². The number of hydrogen-bond acceptors (Lipinski definition) is 4. The van der Waals surface area contributed by atoms with Gasteiger partial charge in [-0.2, -0.15) is 0 Å². The Hall–Kier alpha value is -0.950. The van der Waals surface area contributed by atoms with Crippen molar-refractivity contribution in [3.8, 4) is 0 Å². The Balaban J connectivity index is 2.17. The average Bonchev–Trinajstić information content (AvgIpc) is 2.38. The third-order valence-electron chi connectivity index (χ3n) is 3.49. The molecule has 0 amide bonds. The van der Waals surface area contributed by atoms with Gasteiger partial charge in [-0.3, -0.25) is 0 Å². The summed E-state index contributed by atoms with van der Waals surface area (Å²) in [6, 6.07) is 6.27. The van der Waals surface area contributed by atoms with Gasteiger partial charge in [0.05, 0.1) is 23.1 Å². The highest BCUT2D eigenvalue weighted by Gasteiger charge is 2.32. The molecule has 2 atom stereocenters. The fourth-order valence-corrected chi connectivity index (χ4v) is 3.75. The zero-order valence-corrected chi connectivity index (χ0v) is 12.6. The summed E-state index contributed by atoms with van der Waals surface area (Å²) in [6.45, 7) is 4.56. The third-order valence-corrected chi connectivity index (χ3v) is 5.15. The number of nitrogens with one attached hydrogen (secondary N) is 1. The van der Waals surface area contributed by atoms with Crippen LogP contribution in [0.15, 0.2) is 29.2 Å². The summed E-state index contributed by atoms with van der Waals surface area (Å²) in [5.41, 5.74) is 0.135. The molecular weight excluding hydrogens is 278 g/mol. The maximum absolute atomic E-state index is 12.4. The number of hydrogen-bond donors (Lipinski definition) is 2. The SMILES string of the molecule is CC(O)c1ccc(S(=O)(=O)NC2(C)CCCOC2)cc1. The molecule has 1 aromatic rings. The molecule has 0 radical (unpaired) electrons. The number of rotatable bonds is 4. The number of benzene rings is 1. The van der Waals surface area contributed by atoms with Crippen molar-refractivity contribution in [2.75, 3.05) is 13.2 Å². The number of sulfonamides is 1. The molecule has 1 fully saturated rings. The van der Waals surface area contributed by atoms with Crippen LogP contribution in [-0.2, 0) is 14.8 Å². The second-order valence-electron chi connectivity index (χ2n) is 5.57. The highest BCUT2D eigenvalue weighted by Crippen LogP contribution is 2.22. The van der Waals surface area contributed by atoms with Gasteiger partial charge >= 0.3 is 0 Å². The van der Waals surface area contributed by atoms with Gasteiger partial charge in [-0.15, -0.1) is 0 Å². The average molecular weight is 299 g/mol. The van der Waals surface area contributed by atoms with Gasteiger partial charge in [-0.1, -0.05) is 12.1 Å². The summed E-state index contributed by atoms with van der Waals surface area (Å²) in [4.78, 5) is 0.202. The highest BCUT2D eigenvalue weighted by molar-refractivity contribution is 7.89. The smallest absolute Gasteiger partial charge is 0.241 e. The minimum absolute atomic E-state index is 0.202. The van der Waals surface area contributed by atoms with Crippen LogP contribution in [0.1, 0.15) is 38.4 Å². The number of aliphatic hydroxyl groups is 1. The van der Waals surface area contributed by atoms with E-state index >= 15 is 0 Å². The van der Waals surface area contributed by atoms with Crippen molar-refractivity contribution < 1.29 is 18.3 Å². The van der Waals surface area contributed by atoms with Gasteiger partial charge in [0.15, 0.2) is 0 Å². The fourth-order valence-electron chi connectivity index (χ4n) is 2.32. The van der Waals surface area contributed by atoms with E-state index in [9.17, 15) is 13.5 Å². The van der Waals surface area contributed by atoms with Crippen LogP contribution in [0.3, 0.4) is 0 Å². The second kappa shape index (κ2) is 5.81. The molecule has 2 unspecified atom stereocenters. The molecule has 6 heteroatoms. The monoisotopic (exact) mass is 299 g/mol. The molecule has 0 saturated carbocycles. The standard InChI is InChI=1S/C14H21NO4S/c1-11(16)12-4-6-13(7-5-12)20(17,18)15-14(2)8-3-9-19-10-14/h4-7,11,15-16H,3,8-10H2,1-2H3. The molecule has 112 valence electrons. The molecular formula is C14H21NO4S. The molecule has 0 bridgehead atoms. The summed E-state index contributed by atoms with van der Waals surface area (Å²) in [5.74, 6) is 0. The van der Waals surface area contributed by atoms with Gasteiger partial charge < -0.3 is 9.84 Å². The van der Waals surface area contributed by atoms with Gasteiger partial charge in [0.25, 0.3) is 0 Å². The Bertz CT molecular complexity index is 545. The molecule has 2 rings (SSSR count). The third kappa shape index (κ3) is 3.58. The Kier molecular flexibility index (Phi) is 4.49. The van der Waals surface area contributed by atoms with Crippen molar-refractivity contribution in [2.45, 2.75) is 43.2 Å². The summed E-state index contributed by atoms with van der Waals surface area (Å²) < 4.78 is 32.8. The van der Waals surface area contributed by atoms with Gasteiger partial charge in [0.2, 0.25) is 10.0 Å². The Labute approximate surface area is 120 Å². The first-order chi connectivity index (χ1) is 9.32. The van der Waals surface area contributed by atoms with Crippen LogP contribution in [-0.4, -0.2) is 32.3 Å². The lowest BCUT2D eigenvalue weighted by atomic mass is 9.97. The Morgan fingerprint density at radius 2 is 2.00 bits per heavy atom. The normalized spacial score (nSPS) is 25.4. The predicted octanol–water partition coefficient (Wildman–Crippen LogP) is 1.59. The van der Waals surface area contributed by atoms with E-state index in [2.05, 4.69) is 4.72 Å². The topological polar surface area (TPSA) is 75.6 Å². The molecule has 20 heavy (non-hydrogen) atoms. The van der Waals surface area contributed by atoms with Crippen molar-refractivity contribution in [2.24, 2.45) is 0 Å². The number of aliphatic hydroxyl groups excluding tert-OH is 1. The van der Waals surface area contributed by atoms with Crippen LogP contribution in [0.2, 0.25) is 0 Å². The van der Waals surface area contributed by atoms with Crippen LogP contribution in [0.5, 0.6) is 0 Å². The minimum atomic E-state index is -3.57. The molecule has 0 aromatic heterocycles. The van der Waals surface area contributed by atoms with Crippen molar-refractivity contribution >= 4 is 10.0 Å². The molecule has 0 spiro atoms. The maximum Gasteiger partial charge on any atom is 0.241 e. The van der Waals surface area contributed by atoms with Crippen molar-refractivity contribution in [1.82, 2.24) is 4.72 Å². The maximum atomic E-state index is 12.4. The quantitative estimate of drug-likeness (QED) is 0.885. The lowest BCUT2D eigenvalue weighted by Crippen LogP contribution is -2.51. The first-order valence-corrected chi connectivity index (χ1v) is 8.20. The van der Waals surface area contributed by atoms with E-state index < -0.39 is 21.7 Å². The van der Waals surface area contributed by atoms with Gasteiger partial charge in [0.1, 0.15) is 0 Å². The Morgan fingerprint density at radius 3 is 2.50 bits per heavy atom. The lowest BCUT2D eigenvalue weighted by Gasteiger charge is -2.33.